The first-order chi connectivity index (χ1) is 11.1. The maximum absolute atomic E-state index is 12.4. The third-order valence-electron chi connectivity index (χ3n) is 3.59. The molecule has 23 heavy (non-hydrogen) atoms. The van der Waals surface area contributed by atoms with Gasteiger partial charge in [0.25, 0.3) is 0 Å². The number of hydrogen-bond acceptors (Lipinski definition) is 5. The van der Waals surface area contributed by atoms with Crippen LogP contribution in [0, 0.1) is 6.92 Å². The Morgan fingerprint density at radius 1 is 1.30 bits per heavy atom. The van der Waals surface area contributed by atoms with Gasteiger partial charge < -0.3 is 4.42 Å². The summed E-state index contributed by atoms with van der Waals surface area (Å²) in [5.41, 5.74) is 2.27. The summed E-state index contributed by atoms with van der Waals surface area (Å²) in [5.74, 6) is 0.687. The van der Waals surface area contributed by atoms with Crippen LogP contribution in [0.25, 0.3) is 0 Å². The molecular formula is C17H17N3O2S. The summed E-state index contributed by atoms with van der Waals surface area (Å²) in [6, 6.07) is 11.6. The van der Waals surface area contributed by atoms with E-state index in [1.165, 1.54) is 18.0 Å². The van der Waals surface area contributed by atoms with Gasteiger partial charge in [-0.25, -0.2) is 0 Å². The number of amides is 1. The van der Waals surface area contributed by atoms with Crippen molar-refractivity contribution in [2.45, 2.75) is 25.6 Å². The van der Waals surface area contributed by atoms with Crippen molar-refractivity contribution in [3.8, 4) is 0 Å². The van der Waals surface area contributed by atoms with Gasteiger partial charge in [-0.1, -0.05) is 36.0 Å². The number of furan rings is 1. The molecule has 118 valence electrons. The fraction of sp³-hybridized carbons (Fsp3) is 0.235. The van der Waals surface area contributed by atoms with Gasteiger partial charge in [0.05, 0.1) is 24.3 Å². The standard InChI is InChI=1S/C17H17N3O2S/c1-12-6-3-4-7-14(12)11-20-16(21)13(2)23-17(20)19-18-10-15-8-5-9-22-15/h3-10,13H,11H2,1-2H3/b18-10-,19-17+/t13-/m0/s1. The summed E-state index contributed by atoms with van der Waals surface area (Å²) < 4.78 is 5.17. The lowest BCUT2D eigenvalue weighted by Gasteiger charge is -2.16. The molecule has 1 saturated heterocycles. The highest BCUT2D eigenvalue weighted by atomic mass is 32.2. The SMILES string of the molecule is Cc1ccccc1CN1C(=O)[C@H](C)S/C1=N/N=C\c1ccco1. The van der Waals surface area contributed by atoms with Crippen molar-refractivity contribution in [3.05, 3.63) is 59.5 Å². The summed E-state index contributed by atoms with van der Waals surface area (Å²) in [7, 11) is 0. The number of carbonyl (C=O) groups excluding carboxylic acids is 1. The van der Waals surface area contributed by atoms with Crippen molar-refractivity contribution in [3.63, 3.8) is 0 Å². The molecule has 0 spiro atoms. The number of benzene rings is 1. The molecule has 1 atom stereocenters. The van der Waals surface area contributed by atoms with Gasteiger partial charge >= 0.3 is 0 Å². The van der Waals surface area contributed by atoms with Crippen molar-refractivity contribution in [1.82, 2.24) is 4.90 Å². The van der Waals surface area contributed by atoms with E-state index in [9.17, 15) is 4.79 Å². The van der Waals surface area contributed by atoms with Gasteiger partial charge in [-0.2, -0.15) is 5.10 Å². The van der Waals surface area contributed by atoms with E-state index >= 15 is 0 Å². The number of nitrogens with zero attached hydrogens (tertiary/aromatic N) is 3. The van der Waals surface area contributed by atoms with Crippen molar-refractivity contribution in [2.24, 2.45) is 10.2 Å². The fourth-order valence-electron chi connectivity index (χ4n) is 2.27. The lowest BCUT2D eigenvalue weighted by Crippen LogP contribution is -2.31. The molecule has 6 heteroatoms. The molecular weight excluding hydrogens is 310 g/mol. The molecule has 2 heterocycles. The first kappa shape index (κ1) is 15.6. The Labute approximate surface area is 139 Å². The zero-order valence-electron chi connectivity index (χ0n) is 13.0. The monoisotopic (exact) mass is 327 g/mol. The van der Waals surface area contributed by atoms with Crippen LogP contribution in [0.4, 0.5) is 0 Å². The van der Waals surface area contributed by atoms with Gasteiger partial charge in [-0.3, -0.25) is 9.69 Å². The third kappa shape index (κ3) is 3.53. The summed E-state index contributed by atoms with van der Waals surface area (Å²) in [6.45, 7) is 4.44. The molecule has 3 rings (SSSR count). The maximum Gasteiger partial charge on any atom is 0.242 e. The van der Waals surface area contributed by atoms with Crippen LogP contribution < -0.4 is 0 Å². The van der Waals surface area contributed by atoms with Gasteiger partial charge in [0, 0.05) is 0 Å². The molecule has 0 radical (unpaired) electrons. The minimum atomic E-state index is -0.142. The highest BCUT2D eigenvalue weighted by Gasteiger charge is 2.35. The van der Waals surface area contributed by atoms with Crippen LogP contribution in [0.3, 0.4) is 0 Å². The molecule has 1 fully saturated rings. The van der Waals surface area contributed by atoms with Crippen molar-refractivity contribution >= 4 is 29.1 Å². The number of amidine groups is 1. The van der Waals surface area contributed by atoms with E-state index in [2.05, 4.69) is 10.2 Å². The lowest BCUT2D eigenvalue weighted by atomic mass is 10.1. The Hall–Kier alpha value is -2.34. The van der Waals surface area contributed by atoms with Crippen LogP contribution in [0.1, 0.15) is 23.8 Å². The molecule has 1 amide bonds. The Morgan fingerprint density at radius 2 is 2.13 bits per heavy atom. The van der Waals surface area contributed by atoms with Crippen molar-refractivity contribution < 1.29 is 9.21 Å². The van der Waals surface area contributed by atoms with Gasteiger partial charge in [-0.05, 0) is 37.1 Å². The zero-order valence-corrected chi connectivity index (χ0v) is 13.8. The molecule has 1 aliphatic heterocycles. The van der Waals surface area contributed by atoms with E-state index in [0.29, 0.717) is 17.5 Å². The van der Waals surface area contributed by atoms with Crippen molar-refractivity contribution in [2.75, 3.05) is 0 Å². The second-order valence-electron chi connectivity index (χ2n) is 5.25. The minimum absolute atomic E-state index is 0.0604. The first-order valence-electron chi connectivity index (χ1n) is 7.32. The smallest absolute Gasteiger partial charge is 0.242 e. The minimum Gasteiger partial charge on any atom is -0.463 e. The molecule has 2 aromatic rings. The maximum atomic E-state index is 12.4. The fourth-order valence-corrected chi connectivity index (χ4v) is 3.19. The summed E-state index contributed by atoms with van der Waals surface area (Å²) in [5, 5.41) is 8.71. The largest absolute Gasteiger partial charge is 0.463 e. The molecule has 0 saturated carbocycles. The second-order valence-corrected chi connectivity index (χ2v) is 6.56. The van der Waals surface area contributed by atoms with Gasteiger partial charge in [0.1, 0.15) is 5.76 Å². The van der Waals surface area contributed by atoms with Gasteiger partial charge in [0.2, 0.25) is 5.91 Å². The average molecular weight is 327 g/mol. The molecule has 5 nitrogen and oxygen atoms in total. The van der Waals surface area contributed by atoms with Crippen LogP contribution in [0.2, 0.25) is 0 Å². The number of carbonyl (C=O) groups is 1. The average Bonchev–Trinajstić information content (AvgIpc) is 3.14. The van der Waals surface area contributed by atoms with Crippen molar-refractivity contribution in [1.29, 1.82) is 0 Å². The van der Waals surface area contributed by atoms with E-state index in [0.717, 1.165) is 11.1 Å². The lowest BCUT2D eigenvalue weighted by molar-refractivity contribution is -0.126. The number of hydrogen-bond donors (Lipinski definition) is 0. The topological polar surface area (TPSA) is 58.2 Å². The Kier molecular flexibility index (Phi) is 4.62. The normalized spacial score (nSPS) is 20.1. The quantitative estimate of drug-likeness (QED) is 0.638. The molecule has 0 bridgehead atoms. The van der Waals surface area contributed by atoms with Gasteiger partial charge in [-0.15, -0.1) is 5.10 Å². The Balaban J connectivity index is 1.80. The zero-order chi connectivity index (χ0) is 16.2. The van der Waals surface area contributed by atoms with E-state index in [1.807, 2.05) is 38.1 Å². The number of thioether (sulfide) groups is 1. The summed E-state index contributed by atoms with van der Waals surface area (Å²) in [4.78, 5) is 14.1. The van der Waals surface area contributed by atoms with Crippen LogP contribution in [-0.2, 0) is 11.3 Å². The third-order valence-corrected chi connectivity index (χ3v) is 4.66. The van der Waals surface area contributed by atoms with Crippen LogP contribution in [-0.4, -0.2) is 27.4 Å². The number of aryl methyl sites for hydroxylation is 1. The Morgan fingerprint density at radius 3 is 2.87 bits per heavy atom. The highest BCUT2D eigenvalue weighted by Crippen LogP contribution is 2.29. The molecule has 0 N–H and O–H groups in total. The van der Waals surface area contributed by atoms with E-state index in [1.54, 1.807) is 23.3 Å². The summed E-state index contributed by atoms with van der Waals surface area (Å²) in [6.07, 6.45) is 3.11. The van der Waals surface area contributed by atoms with E-state index in [-0.39, 0.29) is 11.2 Å². The predicted octanol–water partition coefficient (Wildman–Crippen LogP) is 3.44. The molecule has 0 unspecified atom stereocenters. The molecule has 1 aromatic heterocycles. The molecule has 0 aliphatic carbocycles. The van der Waals surface area contributed by atoms with Crippen LogP contribution in [0.5, 0.6) is 0 Å². The number of rotatable bonds is 4. The first-order valence-corrected chi connectivity index (χ1v) is 8.20. The Bertz CT molecular complexity index is 753. The highest BCUT2D eigenvalue weighted by molar-refractivity contribution is 8.15. The second kappa shape index (κ2) is 6.83. The predicted molar refractivity (Wildman–Crippen MR) is 92.5 cm³/mol. The van der Waals surface area contributed by atoms with E-state index in [4.69, 9.17) is 4.42 Å². The van der Waals surface area contributed by atoms with Crippen LogP contribution >= 0.6 is 11.8 Å². The summed E-state index contributed by atoms with van der Waals surface area (Å²) >= 11 is 1.43. The molecule has 1 aromatic carbocycles. The molecule has 1 aliphatic rings. The van der Waals surface area contributed by atoms with E-state index < -0.39 is 0 Å². The van der Waals surface area contributed by atoms with Crippen LogP contribution in [0.15, 0.2) is 57.3 Å². The van der Waals surface area contributed by atoms with Gasteiger partial charge in [0.15, 0.2) is 5.17 Å².